The Labute approximate surface area is 79.2 Å². The molecule has 12 heavy (non-hydrogen) atoms. The molecule has 0 aliphatic heterocycles. The van der Waals surface area contributed by atoms with Crippen molar-refractivity contribution < 1.29 is 14.7 Å². The molecule has 0 aromatic carbocycles. The lowest BCUT2D eigenvalue weighted by atomic mass is 10.2. The van der Waals surface area contributed by atoms with Gasteiger partial charge in [0, 0.05) is 6.42 Å². The third-order valence-electron chi connectivity index (χ3n) is 1.18. The molecule has 0 aromatic rings. The normalized spacial score (nSPS) is 12.9. The lowest BCUT2D eigenvalue weighted by Crippen LogP contribution is -2.30. The predicted molar refractivity (Wildman–Crippen MR) is 43.4 cm³/mol. The van der Waals surface area contributed by atoms with Gasteiger partial charge >= 0.3 is 5.97 Å². The molecule has 0 radical (unpaired) electrons. The van der Waals surface area contributed by atoms with E-state index >= 15 is 0 Å². The summed E-state index contributed by atoms with van der Waals surface area (Å²) in [5.74, 6) is -1.78. The predicted octanol–water partition coefficient (Wildman–Crippen LogP) is 0.315. The van der Waals surface area contributed by atoms with Gasteiger partial charge in [-0.3, -0.25) is 9.59 Å². The minimum atomic E-state index is -1.19. The van der Waals surface area contributed by atoms with E-state index in [0.717, 1.165) is 0 Å². The van der Waals surface area contributed by atoms with Gasteiger partial charge in [-0.2, -0.15) is 0 Å². The first-order chi connectivity index (χ1) is 5.45. The largest absolute Gasteiger partial charge is 0.480 e. The molecular formula is C5H8Cl2N2O3. The Kier molecular flexibility index (Phi) is 4.96. The quantitative estimate of drug-likeness (QED) is 0.646. The van der Waals surface area contributed by atoms with E-state index in [1.165, 1.54) is 0 Å². The van der Waals surface area contributed by atoms with E-state index in [2.05, 4.69) is 0 Å². The summed E-state index contributed by atoms with van der Waals surface area (Å²) in [7, 11) is 0. The first-order valence-corrected chi connectivity index (χ1v) is 3.74. The molecule has 0 spiro atoms. The molecular weight excluding hydrogens is 207 g/mol. The highest BCUT2D eigenvalue weighted by molar-refractivity contribution is 6.34. The summed E-state index contributed by atoms with van der Waals surface area (Å²) >= 11 is 10.4. The number of primary amides is 1. The second kappa shape index (κ2) is 5.18. The molecule has 0 saturated heterocycles. The van der Waals surface area contributed by atoms with Gasteiger partial charge in [0.05, 0.1) is 0 Å². The van der Waals surface area contributed by atoms with Crippen molar-refractivity contribution in [3.8, 4) is 0 Å². The number of carboxylic acid groups (broad SMARTS) is 1. The van der Waals surface area contributed by atoms with Crippen molar-refractivity contribution in [3.63, 3.8) is 0 Å². The zero-order valence-electron chi connectivity index (χ0n) is 6.04. The highest BCUT2D eigenvalue weighted by atomic mass is 35.5. The van der Waals surface area contributed by atoms with Crippen LogP contribution >= 0.6 is 23.6 Å². The summed E-state index contributed by atoms with van der Waals surface area (Å²) in [4.78, 5) is 20.7. The van der Waals surface area contributed by atoms with Crippen LogP contribution in [0, 0.1) is 0 Å². The minimum Gasteiger partial charge on any atom is -0.480 e. The fraction of sp³-hybridized carbons (Fsp3) is 0.600. The van der Waals surface area contributed by atoms with Gasteiger partial charge in [-0.05, 0) is 30.0 Å². The Bertz CT molecular complexity index is 186. The summed E-state index contributed by atoms with van der Waals surface area (Å²) in [6, 6.07) is -1.10. The Hall–Kier alpha value is -0.520. The maximum Gasteiger partial charge on any atom is 0.323 e. The maximum absolute atomic E-state index is 10.4. The zero-order chi connectivity index (χ0) is 9.72. The number of hydrogen-bond acceptors (Lipinski definition) is 3. The molecule has 0 bridgehead atoms. The number of amides is 1. The highest BCUT2D eigenvalue weighted by Crippen LogP contribution is 2.12. The maximum atomic E-state index is 10.4. The van der Waals surface area contributed by atoms with Gasteiger partial charge in [0.1, 0.15) is 6.04 Å². The van der Waals surface area contributed by atoms with Crippen molar-refractivity contribution in [2.24, 2.45) is 5.73 Å². The van der Waals surface area contributed by atoms with Gasteiger partial charge in [0.25, 0.3) is 0 Å². The van der Waals surface area contributed by atoms with Gasteiger partial charge in [-0.1, -0.05) is 0 Å². The molecule has 3 N–H and O–H groups in total. The monoisotopic (exact) mass is 214 g/mol. The number of nitrogens with zero attached hydrogens (tertiary/aromatic N) is 1. The number of nitrogens with two attached hydrogens (primary N) is 1. The molecule has 0 unspecified atom stereocenters. The molecule has 0 heterocycles. The summed E-state index contributed by atoms with van der Waals surface area (Å²) in [5.41, 5.74) is 4.80. The highest BCUT2D eigenvalue weighted by Gasteiger charge is 2.23. The van der Waals surface area contributed by atoms with E-state index in [1.54, 1.807) is 0 Å². The molecule has 1 amide bonds. The Morgan fingerprint density at radius 1 is 1.50 bits per heavy atom. The smallest absolute Gasteiger partial charge is 0.323 e. The van der Waals surface area contributed by atoms with Crippen LogP contribution in [-0.4, -0.2) is 27.0 Å². The average Bonchev–Trinajstić information content (AvgIpc) is 1.84. The van der Waals surface area contributed by atoms with Crippen LogP contribution in [0.4, 0.5) is 0 Å². The summed E-state index contributed by atoms with van der Waals surface area (Å²) in [5, 5.41) is 8.49. The fourth-order valence-corrected chi connectivity index (χ4v) is 0.946. The van der Waals surface area contributed by atoms with E-state index in [0.29, 0.717) is 3.94 Å². The summed E-state index contributed by atoms with van der Waals surface area (Å²) < 4.78 is 0.491. The van der Waals surface area contributed by atoms with E-state index < -0.39 is 17.9 Å². The van der Waals surface area contributed by atoms with E-state index in [9.17, 15) is 9.59 Å². The molecule has 0 aliphatic rings. The standard InChI is InChI=1S/C5H8Cl2N2O3/c6-9(7)3(5(11)12)1-2-4(8)10/h3H,1-2H2,(H2,8,10)(H,11,12)/t3-/m0/s1. The second-order valence-corrected chi connectivity index (χ2v) is 3.02. The Balaban J connectivity index is 3.97. The van der Waals surface area contributed by atoms with Crippen LogP contribution in [0.15, 0.2) is 0 Å². The van der Waals surface area contributed by atoms with Gasteiger partial charge in [-0.25, -0.2) is 0 Å². The number of carbonyl (C=O) groups excluding carboxylic acids is 1. The Morgan fingerprint density at radius 2 is 2.00 bits per heavy atom. The molecule has 0 rings (SSSR count). The van der Waals surface area contributed by atoms with Crippen LogP contribution < -0.4 is 5.73 Å². The number of halogens is 2. The van der Waals surface area contributed by atoms with Crippen LogP contribution in [0.1, 0.15) is 12.8 Å². The number of carbonyl (C=O) groups is 2. The van der Waals surface area contributed by atoms with Crippen LogP contribution in [0.25, 0.3) is 0 Å². The van der Waals surface area contributed by atoms with Gasteiger partial charge in [0.2, 0.25) is 5.91 Å². The van der Waals surface area contributed by atoms with Gasteiger partial charge in [0.15, 0.2) is 0 Å². The number of hydrogen-bond donors (Lipinski definition) is 2. The molecule has 0 saturated carbocycles. The van der Waals surface area contributed by atoms with Crippen LogP contribution in [0.5, 0.6) is 0 Å². The molecule has 1 atom stereocenters. The van der Waals surface area contributed by atoms with Crippen molar-refractivity contribution in [3.05, 3.63) is 0 Å². The lowest BCUT2D eigenvalue weighted by Gasteiger charge is -2.13. The van der Waals surface area contributed by atoms with E-state index in [1.807, 2.05) is 0 Å². The van der Waals surface area contributed by atoms with E-state index in [-0.39, 0.29) is 12.8 Å². The third kappa shape index (κ3) is 4.38. The van der Waals surface area contributed by atoms with Crippen molar-refractivity contribution in [2.45, 2.75) is 18.9 Å². The van der Waals surface area contributed by atoms with Crippen molar-refractivity contribution in [1.82, 2.24) is 3.94 Å². The van der Waals surface area contributed by atoms with Gasteiger partial charge < -0.3 is 10.8 Å². The second-order valence-electron chi connectivity index (χ2n) is 2.12. The molecule has 7 heteroatoms. The Morgan fingerprint density at radius 3 is 2.25 bits per heavy atom. The topological polar surface area (TPSA) is 83.6 Å². The van der Waals surface area contributed by atoms with E-state index in [4.69, 9.17) is 34.4 Å². The molecule has 0 aromatic heterocycles. The van der Waals surface area contributed by atoms with Gasteiger partial charge in [-0.15, -0.1) is 3.94 Å². The van der Waals surface area contributed by atoms with Crippen LogP contribution in [0.2, 0.25) is 0 Å². The molecule has 0 aliphatic carbocycles. The molecule has 70 valence electrons. The van der Waals surface area contributed by atoms with Crippen molar-refractivity contribution in [1.29, 1.82) is 0 Å². The van der Waals surface area contributed by atoms with Crippen molar-refractivity contribution in [2.75, 3.05) is 0 Å². The first kappa shape index (κ1) is 11.5. The van der Waals surface area contributed by atoms with Crippen molar-refractivity contribution >= 4 is 35.4 Å². The number of rotatable bonds is 5. The SMILES string of the molecule is NC(=O)CC[C@@H](C(=O)O)N(Cl)Cl. The fourth-order valence-electron chi connectivity index (χ4n) is 0.584. The number of aliphatic carboxylic acids is 1. The summed E-state index contributed by atoms with van der Waals surface area (Å²) in [6.45, 7) is 0. The average molecular weight is 215 g/mol. The minimum absolute atomic E-state index is 0.00231. The van der Waals surface area contributed by atoms with Crippen LogP contribution in [-0.2, 0) is 9.59 Å². The zero-order valence-corrected chi connectivity index (χ0v) is 7.55. The molecule has 0 fully saturated rings. The first-order valence-electron chi connectivity index (χ1n) is 3.07. The lowest BCUT2D eigenvalue weighted by molar-refractivity contribution is -0.140. The van der Waals surface area contributed by atoms with Crippen LogP contribution in [0.3, 0.4) is 0 Å². The molecule has 5 nitrogen and oxygen atoms in total. The summed E-state index contributed by atoms with van der Waals surface area (Å²) in [6.07, 6.45) is -0.0649. The third-order valence-corrected chi connectivity index (χ3v) is 1.66. The number of carboxylic acids is 1.